The van der Waals surface area contributed by atoms with Gasteiger partial charge in [0.2, 0.25) is 5.91 Å². The van der Waals surface area contributed by atoms with Crippen LogP contribution in [-0.2, 0) is 17.8 Å². The number of piperidine rings is 1. The van der Waals surface area contributed by atoms with Crippen LogP contribution >= 0.6 is 0 Å². The number of amides is 1. The summed E-state index contributed by atoms with van der Waals surface area (Å²) in [4.78, 5) is 15.1. The van der Waals surface area contributed by atoms with Crippen molar-refractivity contribution in [2.24, 2.45) is 11.8 Å². The van der Waals surface area contributed by atoms with E-state index in [0.29, 0.717) is 18.9 Å². The van der Waals surface area contributed by atoms with E-state index in [1.54, 1.807) is 0 Å². The Bertz CT molecular complexity index is 618. The Morgan fingerprint density at radius 3 is 2.65 bits per heavy atom. The number of rotatable bonds is 7. The van der Waals surface area contributed by atoms with E-state index in [0.717, 1.165) is 42.5 Å². The first-order valence-corrected chi connectivity index (χ1v) is 10.1. The number of carbonyl (C=O) groups is 1. The van der Waals surface area contributed by atoms with Crippen LogP contribution in [0.2, 0.25) is 0 Å². The van der Waals surface area contributed by atoms with Crippen LogP contribution in [0.25, 0.3) is 0 Å². The van der Waals surface area contributed by atoms with Crippen molar-refractivity contribution in [3.8, 4) is 0 Å². The first kappa shape index (κ1) is 20.9. The van der Waals surface area contributed by atoms with Crippen molar-refractivity contribution in [3.05, 3.63) is 17.0 Å². The van der Waals surface area contributed by atoms with E-state index in [1.807, 2.05) is 11.6 Å². The zero-order chi connectivity index (χ0) is 19.5. The molecule has 0 aliphatic carbocycles. The molecular formula is C21H38N4O. The summed E-state index contributed by atoms with van der Waals surface area (Å²) in [7, 11) is 0. The molecule has 2 rings (SSSR count). The summed E-state index contributed by atoms with van der Waals surface area (Å²) in [5.74, 6) is 1.39. The maximum atomic E-state index is 12.6. The summed E-state index contributed by atoms with van der Waals surface area (Å²) < 4.78 is 2.04. The highest BCUT2D eigenvalue weighted by Gasteiger charge is 2.30. The topological polar surface area (TPSA) is 50.2 Å². The van der Waals surface area contributed by atoms with Crippen LogP contribution in [0.3, 0.4) is 0 Å². The molecule has 148 valence electrons. The molecule has 2 heterocycles. The van der Waals surface area contributed by atoms with Crippen molar-refractivity contribution < 1.29 is 4.79 Å². The minimum Gasteiger partial charge on any atom is -0.354 e. The molecule has 26 heavy (non-hydrogen) atoms. The van der Waals surface area contributed by atoms with E-state index in [4.69, 9.17) is 0 Å². The third-order valence-corrected chi connectivity index (χ3v) is 5.64. The van der Waals surface area contributed by atoms with Crippen LogP contribution in [0.4, 0.5) is 0 Å². The first-order chi connectivity index (χ1) is 12.1. The van der Waals surface area contributed by atoms with Gasteiger partial charge in [-0.05, 0) is 58.9 Å². The number of likely N-dealkylation sites (tertiary alicyclic amines) is 1. The second-order valence-electron chi connectivity index (χ2n) is 9.18. The average Bonchev–Trinajstić information content (AvgIpc) is 2.80. The van der Waals surface area contributed by atoms with Gasteiger partial charge in [-0.25, -0.2) is 0 Å². The molecule has 5 nitrogen and oxygen atoms in total. The Hall–Kier alpha value is -1.36. The molecule has 1 aliphatic heterocycles. The highest BCUT2D eigenvalue weighted by atomic mass is 16.1. The lowest BCUT2D eigenvalue weighted by Gasteiger charge is -2.43. The molecule has 1 aromatic rings. The number of hydrogen-bond donors (Lipinski definition) is 1. The van der Waals surface area contributed by atoms with Gasteiger partial charge in [0.05, 0.1) is 12.1 Å². The normalized spacial score (nSPS) is 19.2. The predicted molar refractivity (Wildman–Crippen MR) is 107 cm³/mol. The maximum absolute atomic E-state index is 12.6. The van der Waals surface area contributed by atoms with Crippen LogP contribution in [0.5, 0.6) is 0 Å². The third kappa shape index (κ3) is 5.32. The van der Waals surface area contributed by atoms with E-state index >= 15 is 0 Å². The summed E-state index contributed by atoms with van der Waals surface area (Å²) >= 11 is 0. The summed E-state index contributed by atoms with van der Waals surface area (Å²) in [5, 5.41) is 7.79. The Morgan fingerprint density at radius 2 is 2.04 bits per heavy atom. The molecule has 1 fully saturated rings. The Balaban J connectivity index is 1.93. The highest BCUT2D eigenvalue weighted by molar-refractivity contribution is 5.79. The largest absolute Gasteiger partial charge is 0.354 e. The van der Waals surface area contributed by atoms with Gasteiger partial charge < -0.3 is 5.32 Å². The van der Waals surface area contributed by atoms with Gasteiger partial charge in [-0.3, -0.25) is 14.4 Å². The quantitative estimate of drug-likeness (QED) is 0.809. The molecule has 1 atom stereocenters. The fourth-order valence-corrected chi connectivity index (χ4v) is 3.90. The fourth-order valence-electron chi connectivity index (χ4n) is 3.90. The molecule has 0 spiro atoms. The van der Waals surface area contributed by atoms with Gasteiger partial charge in [-0.2, -0.15) is 5.10 Å². The SMILES string of the molecule is Cc1nn(CC(C)C)c(C)c1CC(=O)NCC(C)(C)N1CCCC(C)C1. The molecule has 1 saturated heterocycles. The predicted octanol–water partition coefficient (Wildman–Crippen LogP) is 3.33. The summed E-state index contributed by atoms with van der Waals surface area (Å²) in [6.45, 7) is 19.1. The van der Waals surface area contributed by atoms with E-state index < -0.39 is 0 Å². The van der Waals surface area contributed by atoms with Crippen LogP contribution in [0, 0.1) is 25.7 Å². The van der Waals surface area contributed by atoms with Crippen molar-refractivity contribution in [1.82, 2.24) is 20.0 Å². The second kappa shape index (κ2) is 8.55. The summed E-state index contributed by atoms with van der Waals surface area (Å²) in [6, 6.07) is 0. The molecule has 0 saturated carbocycles. The number of hydrogen-bond acceptors (Lipinski definition) is 3. The van der Waals surface area contributed by atoms with Crippen molar-refractivity contribution >= 4 is 5.91 Å². The molecule has 1 aromatic heterocycles. The Kier molecular flexibility index (Phi) is 6.89. The lowest BCUT2D eigenvalue weighted by atomic mass is 9.93. The minimum absolute atomic E-state index is 0.00372. The van der Waals surface area contributed by atoms with E-state index in [1.165, 1.54) is 12.8 Å². The zero-order valence-electron chi connectivity index (χ0n) is 17.9. The summed E-state index contributed by atoms with van der Waals surface area (Å²) in [6.07, 6.45) is 2.99. The van der Waals surface area contributed by atoms with Crippen LogP contribution < -0.4 is 5.32 Å². The van der Waals surface area contributed by atoms with E-state index in [-0.39, 0.29) is 11.4 Å². The number of aromatic nitrogens is 2. The zero-order valence-corrected chi connectivity index (χ0v) is 17.9. The van der Waals surface area contributed by atoms with Crippen molar-refractivity contribution in [1.29, 1.82) is 0 Å². The van der Waals surface area contributed by atoms with Crippen LogP contribution in [0.15, 0.2) is 0 Å². The molecule has 1 unspecified atom stereocenters. The number of nitrogens with zero attached hydrogens (tertiary/aromatic N) is 3. The lowest BCUT2D eigenvalue weighted by Crippen LogP contribution is -2.54. The number of carbonyl (C=O) groups excluding carboxylic acids is 1. The minimum atomic E-state index is -0.00372. The smallest absolute Gasteiger partial charge is 0.224 e. The standard InChI is InChI=1S/C21H38N4O/c1-15(2)12-25-18(5)19(17(4)23-25)11-20(26)22-14-21(6,7)24-10-8-9-16(3)13-24/h15-16H,8-14H2,1-7H3,(H,22,26). The first-order valence-electron chi connectivity index (χ1n) is 10.1. The molecule has 0 aromatic carbocycles. The number of nitrogens with one attached hydrogen (secondary N) is 1. The van der Waals surface area contributed by atoms with Gasteiger partial charge in [0.25, 0.3) is 0 Å². The van der Waals surface area contributed by atoms with Crippen molar-refractivity contribution in [2.45, 2.75) is 79.8 Å². The van der Waals surface area contributed by atoms with Gasteiger partial charge in [0.15, 0.2) is 0 Å². The monoisotopic (exact) mass is 362 g/mol. The highest BCUT2D eigenvalue weighted by Crippen LogP contribution is 2.23. The average molecular weight is 363 g/mol. The molecule has 1 N–H and O–H groups in total. The molecule has 1 amide bonds. The summed E-state index contributed by atoms with van der Waals surface area (Å²) in [5.41, 5.74) is 3.17. The lowest BCUT2D eigenvalue weighted by molar-refractivity contribution is -0.121. The van der Waals surface area contributed by atoms with Crippen molar-refractivity contribution in [3.63, 3.8) is 0 Å². The molecule has 1 aliphatic rings. The Labute approximate surface area is 159 Å². The van der Waals surface area contributed by atoms with Gasteiger partial charge >= 0.3 is 0 Å². The second-order valence-corrected chi connectivity index (χ2v) is 9.18. The molecule has 0 radical (unpaired) electrons. The van der Waals surface area contributed by atoms with Gasteiger partial charge in [-0.15, -0.1) is 0 Å². The van der Waals surface area contributed by atoms with Crippen LogP contribution in [-0.4, -0.2) is 45.8 Å². The van der Waals surface area contributed by atoms with Crippen LogP contribution in [0.1, 0.15) is 64.4 Å². The molecule has 5 heteroatoms. The maximum Gasteiger partial charge on any atom is 0.224 e. The van der Waals surface area contributed by atoms with Gasteiger partial charge in [0.1, 0.15) is 0 Å². The molecule has 0 bridgehead atoms. The number of aryl methyl sites for hydroxylation is 1. The molecular weight excluding hydrogens is 324 g/mol. The van der Waals surface area contributed by atoms with Gasteiger partial charge in [0, 0.05) is 36.4 Å². The van der Waals surface area contributed by atoms with E-state index in [9.17, 15) is 4.79 Å². The van der Waals surface area contributed by atoms with Gasteiger partial charge in [-0.1, -0.05) is 20.8 Å². The van der Waals surface area contributed by atoms with Crippen molar-refractivity contribution in [2.75, 3.05) is 19.6 Å². The van der Waals surface area contributed by atoms with E-state index in [2.05, 4.69) is 56.9 Å². The fraction of sp³-hybridized carbons (Fsp3) is 0.810. The third-order valence-electron chi connectivity index (χ3n) is 5.64. The Morgan fingerprint density at radius 1 is 1.35 bits per heavy atom.